The SMILES string of the molecule is [2H]c1c([2H])c([2H])c2c(c1[2H])c1c([2H])c([2H])c([2H])c([2H])c1n2-c1ccc2c(c1)N(c1cccc(-c3ccccc3)c1)c1cc(-c3ccccc3)cc3c1B2c1cc(-c2ccccc2)ccc1N3c1ccc(-c2ccccc2)cc1. The van der Waals surface area contributed by atoms with E-state index in [9.17, 15) is 5.48 Å². The zero-order chi connectivity index (χ0) is 53.1. The summed E-state index contributed by atoms with van der Waals surface area (Å²) in [6, 6.07) is 72.9. The first-order valence-electron chi connectivity index (χ1n) is 27.5. The zero-order valence-electron chi connectivity index (χ0n) is 45.7. The topological polar surface area (TPSA) is 11.4 Å². The summed E-state index contributed by atoms with van der Waals surface area (Å²) < 4.78 is 74.3. The number of hydrogen-bond acceptors (Lipinski definition) is 2. The summed E-state index contributed by atoms with van der Waals surface area (Å²) in [5.41, 5.74) is 17.8. The Labute approximate surface area is 419 Å². The van der Waals surface area contributed by atoms with Gasteiger partial charge in [-0.1, -0.05) is 200 Å². The Hall–Kier alpha value is -9.12. The van der Waals surface area contributed by atoms with Gasteiger partial charge in [0.1, 0.15) is 0 Å². The molecular formula is C66H44BN3. The first kappa shape index (κ1) is 32.6. The van der Waals surface area contributed by atoms with Gasteiger partial charge in [0.2, 0.25) is 0 Å². The van der Waals surface area contributed by atoms with Crippen molar-refractivity contribution in [3.8, 4) is 50.2 Å². The number of hydrogen-bond donors (Lipinski definition) is 0. The van der Waals surface area contributed by atoms with Crippen LogP contribution in [0.5, 0.6) is 0 Å². The molecule has 1 aromatic heterocycles. The average molecular weight is 898 g/mol. The van der Waals surface area contributed by atoms with Gasteiger partial charge >= 0.3 is 0 Å². The highest BCUT2D eigenvalue weighted by Crippen LogP contribution is 2.48. The Morgan fingerprint density at radius 1 is 0.300 bits per heavy atom. The predicted molar refractivity (Wildman–Crippen MR) is 297 cm³/mol. The van der Waals surface area contributed by atoms with E-state index in [4.69, 9.17) is 5.48 Å². The van der Waals surface area contributed by atoms with Crippen LogP contribution in [-0.4, -0.2) is 11.3 Å². The van der Waals surface area contributed by atoms with Gasteiger partial charge in [-0.3, -0.25) is 0 Å². The van der Waals surface area contributed by atoms with Gasteiger partial charge in [0, 0.05) is 50.6 Å². The van der Waals surface area contributed by atoms with Gasteiger partial charge in [-0.2, -0.15) is 0 Å². The normalized spacial score (nSPS) is 14.1. The number of anilines is 6. The van der Waals surface area contributed by atoms with Crippen molar-refractivity contribution < 1.29 is 11.0 Å². The van der Waals surface area contributed by atoms with Crippen molar-refractivity contribution in [3.05, 3.63) is 267 Å². The summed E-state index contributed by atoms with van der Waals surface area (Å²) >= 11 is 0. The van der Waals surface area contributed by atoms with Crippen molar-refractivity contribution in [1.82, 2.24) is 4.57 Å². The number of para-hydroxylation sites is 2. The van der Waals surface area contributed by atoms with Gasteiger partial charge in [0.15, 0.2) is 0 Å². The largest absolute Gasteiger partial charge is 0.311 e. The predicted octanol–water partition coefficient (Wildman–Crippen LogP) is 15.5. The van der Waals surface area contributed by atoms with Gasteiger partial charge in [0.05, 0.1) is 22.0 Å². The van der Waals surface area contributed by atoms with E-state index in [1.807, 2.05) is 48.5 Å². The Kier molecular flexibility index (Phi) is 7.58. The fraction of sp³-hybridized carbons (Fsp3) is 0. The highest BCUT2D eigenvalue weighted by molar-refractivity contribution is 7.00. The standard InChI is InChI=1S/C66H44BN3/c1-5-18-45(19-6-1)49-32-35-53(36-33-49)68-62-39-34-51(47-22-9-3-10-23-47)41-59(62)67-58-38-37-55(69-60-30-15-13-28-56(60)57-29-14-16-31-61(57)69)44-63(58)70(54-27-17-26-50(40-54)46-20-7-2-8-21-46)65-43-52(42-64(68)66(65)67)48-24-11-4-12-25-48/h1-44H/i13D,14D,15D,16D,28D,29D,30D,31D. The zero-order valence-corrected chi connectivity index (χ0v) is 37.7. The Balaban J connectivity index is 1.11. The van der Waals surface area contributed by atoms with E-state index < -0.39 is 24.2 Å². The van der Waals surface area contributed by atoms with Crippen molar-refractivity contribution in [3.63, 3.8) is 0 Å². The van der Waals surface area contributed by atoms with E-state index in [2.05, 4.69) is 180 Å². The lowest BCUT2D eigenvalue weighted by Gasteiger charge is -2.44. The molecule has 12 aromatic rings. The molecule has 4 heteroatoms. The highest BCUT2D eigenvalue weighted by atomic mass is 15.2. The second kappa shape index (κ2) is 16.3. The number of fused-ring (bicyclic) bond motifs is 7. The fourth-order valence-electron chi connectivity index (χ4n) is 10.9. The number of benzene rings is 11. The van der Waals surface area contributed by atoms with E-state index in [-0.39, 0.29) is 52.7 Å². The van der Waals surface area contributed by atoms with E-state index in [0.29, 0.717) is 5.69 Å². The van der Waals surface area contributed by atoms with E-state index in [1.54, 1.807) is 4.57 Å². The van der Waals surface area contributed by atoms with Gasteiger partial charge < -0.3 is 14.4 Å². The molecule has 0 amide bonds. The lowest BCUT2D eigenvalue weighted by atomic mass is 9.33. The molecular weight excluding hydrogens is 846 g/mol. The van der Waals surface area contributed by atoms with Crippen LogP contribution in [0.3, 0.4) is 0 Å². The molecule has 3 nitrogen and oxygen atoms in total. The average Bonchev–Trinajstić information content (AvgIpc) is 3.96. The number of nitrogens with zero attached hydrogens (tertiary/aromatic N) is 3. The van der Waals surface area contributed by atoms with Crippen LogP contribution in [0.1, 0.15) is 11.0 Å². The van der Waals surface area contributed by atoms with Crippen molar-refractivity contribution in [2.45, 2.75) is 0 Å². The first-order chi connectivity index (χ1) is 38.0. The summed E-state index contributed by atoms with van der Waals surface area (Å²) in [4.78, 5) is 4.70. The molecule has 0 N–H and O–H groups in total. The monoisotopic (exact) mass is 897 g/mol. The molecule has 70 heavy (non-hydrogen) atoms. The van der Waals surface area contributed by atoms with E-state index >= 15 is 0 Å². The van der Waals surface area contributed by atoms with Crippen LogP contribution in [0.25, 0.3) is 72.0 Å². The smallest absolute Gasteiger partial charge is 0.252 e. The van der Waals surface area contributed by atoms with E-state index in [0.717, 1.165) is 95.0 Å². The third-order valence-electron chi connectivity index (χ3n) is 14.0. The van der Waals surface area contributed by atoms with Crippen LogP contribution in [0, 0.1) is 0 Å². The van der Waals surface area contributed by atoms with Crippen molar-refractivity contribution in [2.24, 2.45) is 0 Å². The van der Waals surface area contributed by atoms with Crippen LogP contribution in [0.2, 0.25) is 0 Å². The summed E-state index contributed by atoms with van der Waals surface area (Å²) in [6.45, 7) is -0.344. The van der Waals surface area contributed by atoms with Crippen molar-refractivity contribution >= 4 is 79.0 Å². The van der Waals surface area contributed by atoms with Crippen LogP contribution < -0.4 is 26.2 Å². The minimum Gasteiger partial charge on any atom is -0.311 e. The van der Waals surface area contributed by atoms with Crippen LogP contribution in [0.4, 0.5) is 34.1 Å². The minimum atomic E-state index is -0.484. The molecule has 0 saturated heterocycles. The van der Waals surface area contributed by atoms with Gasteiger partial charge in [0.25, 0.3) is 6.71 Å². The second-order valence-electron chi connectivity index (χ2n) is 17.9. The maximum Gasteiger partial charge on any atom is 0.252 e. The Morgan fingerprint density at radius 3 is 1.37 bits per heavy atom. The first-order valence-corrected chi connectivity index (χ1v) is 23.5. The summed E-state index contributed by atoms with van der Waals surface area (Å²) in [5.74, 6) is 0. The molecule has 0 fully saturated rings. The quantitative estimate of drug-likeness (QED) is 0.148. The third-order valence-corrected chi connectivity index (χ3v) is 14.0. The molecule has 3 heterocycles. The molecule has 11 aromatic carbocycles. The van der Waals surface area contributed by atoms with Crippen LogP contribution >= 0.6 is 0 Å². The van der Waals surface area contributed by atoms with Gasteiger partial charge in [-0.15, -0.1) is 0 Å². The lowest BCUT2D eigenvalue weighted by Crippen LogP contribution is -2.61. The molecule has 0 spiro atoms. The Morgan fingerprint density at radius 2 is 0.771 bits per heavy atom. The van der Waals surface area contributed by atoms with Crippen LogP contribution in [-0.2, 0) is 0 Å². The minimum absolute atomic E-state index is 0.0298. The molecule has 2 aliphatic rings. The summed E-state index contributed by atoms with van der Waals surface area (Å²) in [6.07, 6.45) is 0. The second-order valence-corrected chi connectivity index (χ2v) is 17.9. The Bertz CT molecular complexity index is 4340. The molecule has 0 atom stereocenters. The highest BCUT2D eigenvalue weighted by Gasteiger charge is 2.44. The lowest BCUT2D eigenvalue weighted by molar-refractivity contribution is 1.17. The molecule has 2 aliphatic heterocycles. The maximum atomic E-state index is 9.43. The molecule has 326 valence electrons. The fourth-order valence-corrected chi connectivity index (χ4v) is 10.9. The van der Waals surface area contributed by atoms with Crippen LogP contribution in [0.15, 0.2) is 267 Å². The summed E-state index contributed by atoms with van der Waals surface area (Å²) in [7, 11) is 0. The van der Waals surface area contributed by atoms with Gasteiger partial charge in [-0.25, -0.2) is 0 Å². The van der Waals surface area contributed by atoms with Crippen molar-refractivity contribution in [2.75, 3.05) is 9.80 Å². The van der Waals surface area contributed by atoms with Crippen molar-refractivity contribution in [1.29, 1.82) is 0 Å². The maximum absolute atomic E-state index is 9.43. The van der Waals surface area contributed by atoms with Gasteiger partial charge in [-0.05, 0) is 128 Å². The molecule has 0 saturated carbocycles. The molecule has 0 unspecified atom stereocenters. The summed E-state index contributed by atoms with van der Waals surface area (Å²) in [5, 5.41) is 0.0596. The molecule has 0 aliphatic carbocycles. The molecule has 0 bridgehead atoms. The molecule has 0 radical (unpaired) electrons. The third kappa shape index (κ3) is 6.45. The van der Waals surface area contributed by atoms with E-state index in [1.165, 1.54) is 0 Å². The molecule has 14 rings (SSSR count). The number of rotatable bonds is 7. The number of aromatic nitrogens is 1.